The molecular formula is C51H74N4O11. The van der Waals surface area contributed by atoms with Crippen molar-refractivity contribution >= 4 is 23.6 Å². The van der Waals surface area contributed by atoms with E-state index in [0.29, 0.717) is 43.0 Å². The second-order valence-corrected chi connectivity index (χ2v) is 17.8. The summed E-state index contributed by atoms with van der Waals surface area (Å²) in [6.07, 6.45) is 19.6. The van der Waals surface area contributed by atoms with Gasteiger partial charge in [0.2, 0.25) is 5.79 Å². The Morgan fingerprint density at radius 1 is 0.909 bits per heavy atom. The molecule has 15 nitrogen and oxygen atoms in total. The third-order valence-corrected chi connectivity index (χ3v) is 13.2. The Kier molecular flexibility index (Phi) is 21.2. The number of amides is 2. The lowest BCUT2D eigenvalue weighted by Gasteiger charge is -2.59. The van der Waals surface area contributed by atoms with E-state index in [0.717, 1.165) is 56.1 Å². The Bertz CT molecular complexity index is 1920. The Balaban J connectivity index is 1.53. The highest BCUT2D eigenvalue weighted by molar-refractivity contribution is 6.03. The number of rotatable bonds is 29. The average molecular weight is 919 g/mol. The van der Waals surface area contributed by atoms with Gasteiger partial charge in [-0.2, -0.15) is 0 Å². The number of nitro benzene ring substituents is 1. The number of nitrogens with zero attached hydrogens (tertiary/aromatic N) is 3. The molecule has 0 bridgehead atoms. The van der Waals surface area contributed by atoms with E-state index in [1.54, 1.807) is 23.1 Å². The molecule has 1 fully saturated rings. The van der Waals surface area contributed by atoms with Crippen molar-refractivity contribution in [3.05, 3.63) is 82.4 Å². The zero-order valence-corrected chi connectivity index (χ0v) is 39.5. The van der Waals surface area contributed by atoms with Crippen LogP contribution in [-0.4, -0.2) is 89.8 Å². The monoisotopic (exact) mass is 919 g/mol. The molecule has 3 N–H and O–H groups in total. The number of carbonyl (C=O) groups excluding carboxylic acids is 2. The standard InChI is InChI=1S/C51H74N4O11/c1-5-8-9-10-11-12-13-14-15-18-29-52-49(58)64-40-27-28-45-43(35-40)47-41(22-17-20-32-57)37(21-16-19-31-56)34-42-44(53-62-4)36-46(51(66-45,48(42)47)63-33-7-3)54(30-6-2)50(59)65-39-25-23-38(24-26-39)55(60)61/h7,23-28,34-35,37,41,46-48,56-57H,3,5-6,8-22,29-33,36H2,1-2,4H3,(H,52,58)/t37-,41+,46-,47+,48+,51+/m0/s1. The number of nitrogens with one attached hydrogen (secondary N) is 1. The zero-order valence-electron chi connectivity index (χ0n) is 39.5. The van der Waals surface area contributed by atoms with Crippen molar-refractivity contribution in [3.63, 3.8) is 0 Å². The number of hydrogen-bond acceptors (Lipinski definition) is 12. The van der Waals surface area contributed by atoms with Gasteiger partial charge in [0.15, 0.2) is 0 Å². The van der Waals surface area contributed by atoms with E-state index in [9.17, 15) is 29.9 Å². The smallest absolute Gasteiger partial charge is 0.415 e. The molecule has 1 aliphatic heterocycles. The van der Waals surface area contributed by atoms with E-state index in [2.05, 4.69) is 30.1 Å². The third-order valence-electron chi connectivity index (χ3n) is 13.2. The van der Waals surface area contributed by atoms with E-state index in [4.69, 9.17) is 23.8 Å². The zero-order chi connectivity index (χ0) is 47.3. The summed E-state index contributed by atoms with van der Waals surface area (Å²) in [5, 5.41) is 38.7. The van der Waals surface area contributed by atoms with E-state index < -0.39 is 34.9 Å². The molecule has 6 atom stereocenters. The number of nitro groups is 1. The summed E-state index contributed by atoms with van der Waals surface area (Å²) in [5.41, 5.74) is 2.16. The molecule has 364 valence electrons. The molecule has 2 aromatic carbocycles. The molecule has 3 aliphatic rings. The number of aliphatic hydroxyl groups excluding tert-OH is 2. The highest BCUT2D eigenvalue weighted by Gasteiger charge is 2.65. The van der Waals surface area contributed by atoms with Crippen molar-refractivity contribution < 1.29 is 48.5 Å². The summed E-state index contributed by atoms with van der Waals surface area (Å²) in [6.45, 7) is 9.11. The Morgan fingerprint density at radius 3 is 2.21 bits per heavy atom. The highest BCUT2D eigenvalue weighted by atomic mass is 16.7. The summed E-state index contributed by atoms with van der Waals surface area (Å²) >= 11 is 0. The largest absolute Gasteiger partial charge is 0.459 e. The van der Waals surface area contributed by atoms with Gasteiger partial charge in [-0.3, -0.25) is 15.0 Å². The SMILES string of the molecule is C=CCO[C@@]12Oc3ccc(OC(=O)NCCCCCCCCCCCC)cc3[C@H]3[C@H](CCCCO)[C@@H](CCCCO)C=C(C(=NOC)C[C@@H]1N(CCC)C(=O)Oc1ccc([N+](=O)[O-])cc1)[C@H]32. The summed E-state index contributed by atoms with van der Waals surface area (Å²) in [7, 11) is 1.49. The first-order chi connectivity index (χ1) is 32.2. The van der Waals surface area contributed by atoms with Gasteiger partial charge in [-0.25, -0.2) is 9.59 Å². The molecule has 0 saturated heterocycles. The third kappa shape index (κ3) is 13.6. The molecule has 1 saturated carbocycles. The van der Waals surface area contributed by atoms with Crippen LogP contribution in [0.5, 0.6) is 17.2 Å². The van der Waals surface area contributed by atoms with Gasteiger partial charge in [0.25, 0.3) is 5.69 Å². The average Bonchev–Trinajstić information content (AvgIpc) is 3.31. The summed E-state index contributed by atoms with van der Waals surface area (Å²) in [6, 6.07) is 9.91. The quantitative estimate of drug-likeness (QED) is 0.0304. The number of oxime groups is 1. The Hall–Kier alpha value is -4.99. The van der Waals surface area contributed by atoms with Gasteiger partial charge in [-0.05, 0) is 86.3 Å². The van der Waals surface area contributed by atoms with Gasteiger partial charge in [-0.1, -0.05) is 102 Å². The maximum absolute atomic E-state index is 14.5. The van der Waals surface area contributed by atoms with Crippen LogP contribution in [0.3, 0.4) is 0 Å². The van der Waals surface area contributed by atoms with Gasteiger partial charge < -0.3 is 39.3 Å². The molecule has 0 radical (unpaired) electrons. The van der Waals surface area contributed by atoms with Crippen molar-refractivity contribution in [1.82, 2.24) is 10.2 Å². The minimum absolute atomic E-state index is 0.0148. The molecule has 0 aromatic heterocycles. The van der Waals surface area contributed by atoms with Crippen molar-refractivity contribution in [2.45, 2.75) is 147 Å². The minimum Gasteiger partial charge on any atom is -0.459 e. The van der Waals surface area contributed by atoms with Crippen LogP contribution in [0.25, 0.3) is 0 Å². The van der Waals surface area contributed by atoms with Gasteiger partial charge in [-0.15, -0.1) is 6.58 Å². The summed E-state index contributed by atoms with van der Waals surface area (Å²) in [5.74, 6) is -1.43. The van der Waals surface area contributed by atoms with Crippen LogP contribution in [-0.2, 0) is 9.57 Å². The Labute approximate surface area is 391 Å². The first kappa shape index (κ1) is 52.0. The molecular weight excluding hydrogens is 845 g/mol. The molecule has 5 rings (SSSR count). The van der Waals surface area contributed by atoms with Crippen molar-refractivity contribution in [1.29, 1.82) is 0 Å². The molecule has 66 heavy (non-hydrogen) atoms. The van der Waals surface area contributed by atoms with Crippen LogP contribution >= 0.6 is 0 Å². The number of benzene rings is 2. The molecule has 15 heteroatoms. The van der Waals surface area contributed by atoms with Crippen LogP contribution < -0.4 is 19.5 Å². The minimum atomic E-state index is -1.52. The van der Waals surface area contributed by atoms with Crippen LogP contribution in [0, 0.1) is 27.9 Å². The number of fused-ring (bicyclic) bond motifs is 2. The van der Waals surface area contributed by atoms with Crippen molar-refractivity contribution in [3.8, 4) is 17.2 Å². The van der Waals surface area contributed by atoms with E-state index in [-0.39, 0.29) is 62.0 Å². The lowest BCUT2D eigenvalue weighted by atomic mass is 9.55. The molecule has 2 amide bonds. The molecule has 2 aliphatic carbocycles. The van der Waals surface area contributed by atoms with Crippen LogP contribution in [0.15, 0.2) is 71.9 Å². The maximum atomic E-state index is 14.5. The molecule has 1 heterocycles. The lowest BCUT2D eigenvalue weighted by molar-refractivity contribution is -0.384. The van der Waals surface area contributed by atoms with Crippen molar-refractivity contribution in [2.75, 3.05) is 40.0 Å². The van der Waals surface area contributed by atoms with Gasteiger partial charge >= 0.3 is 12.2 Å². The van der Waals surface area contributed by atoms with Crippen molar-refractivity contribution in [2.24, 2.45) is 22.9 Å². The number of carbonyl (C=O) groups is 2. The number of hydrogen-bond donors (Lipinski definition) is 3. The molecule has 2 aromatic rings. The fourth-order valence-electron chi connectivity index (χ4n) is 10.2. The fraction of sp³-hybridized carbons (Fsp3) is 0.627. The summed E-state index contributed by atoms with van der Waals surface area (Å²) < 4.78 is 26.1. The first-order valence-electron chi connectivity index (χ1n) is 24.5. The molecule has 0 spiro atoms. The van der Waals surface area contributed by atoms with E-state index in [1.165, 1.54) is 76.3 Å². The second kappa shape index (κ2) is 27.0. The van der Waals surface area contributed by atoms with Gasteiger partial charge in [0.05, 0.1) is 23.2 Å². The van der Waals surface area contributed by atoms with Crippen LogP contribution in [0.4, 0.5) is 15.3 Å². The lowest BCUT2D eigenvalue weighted by Crippen LogP contribution is -2.70. The number of non-ortho nitro benzene ring substituents is 1. The predicted molar refractivity (Wildman–Crippen MR) is 254 cm³/mol. The van der Waals surface area contributed by atoms with Crippen LogP contribution in [0.1, 0.15) is 141 Å². The highest BCUT2D eigenvalue weighted by Crippen LogP contribution is 2.62. The topological polar surface area (TPSA) is 192 Å². The number of unbranched alkanes of at least 4 members (excludes halogenated alkanes) is 11. The van der Waals surface area contributed by atoms with Gasteiger partial charge in [0, 0.05) is 56.3 Å². The number of allylic oxidation sites excluding steroid dienone is 1. The maximum Gasteiger partial charge on any atom is 0.415 e. The number of aliphatic hydroxyl groups is 2. The number of ether oxygens (including phenoxy) is 4. The van der Waals surface area contributed by atoms with E-state index in [1.807, 2.05) is 13.0 Å². The second-order valence-electron chi connectivity index (χ2n) is 17.8. The molecule has 0 unspecified atom stereocenters. The first-order valence-corrected chi connectivity index (χ1v) is 24.5. The fourth-order valence-corrected chi connectivity index (χ4v) is 10.2. The van der Waals surface area contributed by atoms with Crippen LogP contribution in [0.2, 0.25) is 0 Å². The normalized spacial score (nSPS) is 22.3. The van der Waals surface area contributed by atoms with Gasteiger partial charge in [0.1, 0.15) is 30.4 Å². The predicted octanol–water partition coefficient (Wildman–Crippen LogP) is 10.8. The summed E-state index contributed by atoms with van der Waals surface area (Å²) in [4.78, 5) is 45.8. The Morgan fingerprint density at radius 2 is 1.58 bits per heavy atom. The van der Waals surface area contributed by atoms with E-state index >= 15 is 0 Å².